The number of aromatic amines is 2. The van der Waals surface area contributed by atoms with E-state index in [9.17, 15) is 19.8 Å². The van der Waals surface area contributed by atoms with E-state index in [0.29, 0.717) is 12.8 Å². The van der Waals surface area contributed by atoms with Crippen LogP contribution in [0.1, 0.15) is 24.0 Å². The van der Waals surface area contributed by atoms with Gasteiger partial charge >= 0.3 is 11.9 Å². The third-order valence-electron chi connectivity index (χ3n) is 4.72. The van der Waals surface area contributed by atoms with Gasteiger partial charge in [0.15, 0.2) is 0 Å². The molecule has 30 heavy (non-hydrogen) atoms. The molecule has 2 heterocycles. The van der Waals surface area contributed by atoms with E-state index in [1.54, 1.807) is 48.8 Å². The number of rotatable bonds is 6. The predicted molar refractivity (Wildman–Crippen MR) is 112 cm³/mol. The minimum absolute atomic E-state index is 0.0998. The number of phenols is 2. The number of nitrogens with one attached hydrogen (secondary N) is 2. The van der Waals surface area contributed by atoms with Crippen molar-refractivity contribution in [2.45, 2.75) is 25.7 Å². The Hall–Kier alpha value is -3.94. The number of aryl methyl sites for hydroxylation is 2. The molecule has 0 fully saturated rings. The molecule has 0 aliphatic heterocycles. The highest BCUT2D eigenvalue weighted by Gasteiger charge is 2.07. The van der Waals surface area contributed by atoms with Crippen molar-refractivity contribution in [3.8, 4) is 11.5 Å². The predicted octanol–water partition coefficient (Wildman–Crippen LogP) is 3.78. The third kappa shape index (κ3) is 5.11. The van der Waals surface area contributed by atoms with E-state index in [1.165, 1.54) is 0 Å². The van der Waals surface area contributed by atoms with E-state index in [4.69, 9.17) is 10.2 Å². The van der Waals surface area contributed by atoms with Crippen LogP contribution < -0.4 is 0 Å². The molecular weight excluding hydrogens is 388 g/mol. The molecule has 6 N–H and O–H groups in total. The SMILES string of the molecule is O=C(O)CCc1c[nH]c2ccc(O)cc12.O=C(O)CCc1c[nH]c2ccc(O)cc12. The zero-order chi connectivity index (χ0) is 21.7. The Morgan fingerprint density at radius 1 is 0.700 bits per heavy atom. The molecule has 0 unspecified atom stereocenters. The average Bonchev–Trinajstić information content (AvgIpc) is 3.28. The minimum Gasteiger partial charge on any atom is -0.508 e. The van der Waals surface area contributed by atoms with Gasteiger partial charge in [0, 0.05) is 47.0 Å². The van der Waals surface area contributed by atoms with E-state index in [1.807, 2.05) is 0 Å². The first-order valence-corrected chi connectivity index (χ1v) is 9.35. The highest BCUT2D eigenvalue weighted by molar-refractivity contribution is 5.85. The number of benzene rings is 2. The molecule has 2 aromatic carbocycles. The third-order valence-corrected chi connectivity index (χ3v) is 4.72. The standard InChI is InChI=1S/2C11H11NO3/c2*13-8-2-3-10-9(5-8)7(6-12-10)1-4-11(14)15/h2*2-3,5-6,12-13H,1,4H2,(H,14,15). The van der Waals surface area contributed by atoms with Crippen LogP contribution in [0.5, 0.6) is 11.5 Å². The minimum atomic E-state index is -0.815. The fourth-order valence-electron chi connectivity index (χ4n) is 3.23. The summed E-state index contributed by atoms with van der Waals surface area (Å²) in [4.78, 5) is 26.9. The molecule has 0 amide bonds. The van der Waals surface area contributed by atoms with Crippen LogP contribution in [0.25, 0.3) is 21.8 Å². The summed E-state index contributed by atoms with van der Waals surface area (Å²) in [7, 11) is 0. The lowest BCUT2D eigenvalue weighted by Crippen LogP contribution is -1.96. The molecule has 156 valence electrons. The second kappa shape index (κ2) is 9.04. The molecule has 8 nitrogen and oxygen atoms in total. The average molecular weight is 410 g/mol. The van der Waals surface area contributed by atoms with E-state index in [0.717, 1.165) is 32.9 Å². The largest absolute Gasteiger partial charge is 0.508 e. The summed E-state index contributed by atoms with van der Waals surface area (Å²) in [5.41, 5.74) is 3.66. The van der Waals surface area contributed by atoms with Crippen LogP contribution in [0.2, 0.25) is 0 Å². The smallest absolute Gasteiger partial charge is 0.303 e. The van der Waals surface area contributed by atoms with Crippen LogP contribution >= 0.6 is 0 Å². The summed E-state index contributed by atoms with van der Waals surface area (Å²) in [6.45, 7) is 0. The van der Waals surface area contributed by atoms with E-state index in [2.05, 4.69) is 9.97 Å². The maximum absolute atomic E-state index is 10.4. The molecule has 0 aliphatic rings. The van der Waals surface area contributed by atoms with Crippen LogP contribution in [0.15, 0.2) is 48.8 Å². The van der Waals surface area contributed by atoms with Crippen molar-refractivity contribution in [3.63, 3.8) is 0 Å². The quantitative estimate of drug-likeness (QED) is 0.285. The van der Waals surface area contributed by atoms with Crippen molar-refractivity contribution in [2.24, 2.45) is 0 Å². The molecule has 8 heteroatoms. The number of carboxylic acid groups (broad SMARTS) is 2. The Kier molecular flexibility index (Phi) is 6.26. The fraction of sp³-hybridized carbons (Fsp3) is 0.182. The summed E-state index contributed by atoms with van der Waals surface area (Å²) < 4.78 is 0. The van der Waals surface area contributed by atoms with Crippen molar-refractivity contribution < 1.29 is 30.0 Å². The van der Waals surface area contributed by atoms with Crippen LogP contribution in [0, 0.1) is 0 Å². The summed E-state index contributed by atoms with van der Waals surface area (Å²) in [6.07, 6.45) is 4.71. The van der Waals surface area contributed by atoms with Crippen LogP contribution in [0.4, 0.5) is 0 Å². The van der Waals surface area contributed by atoms with E-state index >= 15 is 0 Å². The highest BCUT2D eigenvalue weighted by atomic mass is 16.4. The molecule has 0 aliphatic carbocycles. The Morgan fingerprint density at radius 2 is 1.10 bits per heavy atom. The van der Waals surface area contributed by atoms with Gasteiger partial charge in [0.05, 0.1) is 0 Å². The van der Waals surface area contributed by atoms with Crippen molar-refractivity contribution in [2.75, 3.05) is 0 Å². The lowest BCUT2D eigenvalue weighted by atomic mass is 10.1. The van der Waals surface area contributed by atoms with Crippen LogP contribution in [-0.4, -0.2) is 42.3 Å². The zero-order valence-electron chi connectivity index (χ0n) is 16.1. The van der Waals surface area contributed by atoms with Crippen molar-refractivity contribution in [1.29, 1.82) is 0 Å². The van der Waals surface area contributed by atoms with Gasteiger partial charge in [-0.1, -0.05) is 0 Å². The Labute approximate surface area is 171 Å². The number of aromatic nitrogens is 2. The number of H-pyrrole nitrogens is 2. The Bertz CT molecular complexity index is 1100. The number of fused-ring (bicyclic) bond motifs is 2. The lowest BCUT2D eigenvalue weighted by molar-refractivity contribution is -0.138. The monoisotopic (exact) mass is 410 g/mol. The number of carboxylic acids is 2. The maximum atomic E-state index is 10.4. The molecule has 0 bridgehead atoms. The first-order valence-electron chi connectivity index (χ1n) is 9.35. The number of carbonyl (C=O) groups is 2. The van der Waals surface area contributed by atoms with Crippen LogP contribution in [-0.2, 0) is 22.4 Å². The summed E-state index contributed by atoms with van der Waals surface area (Å²) >= 11 is 0. The fourth-order valence-corrected chi connectivity index (χ4v) is 3.23. The zero-order valence-corrected chi connectivity index (χ0v) is 16.1. The number of aromatic hydroxyl groups is 2. The lowest BCUT2D eigenvalue weighted by Gasteiger charge is -1.97. The summed E-state index contributed by atoms with van der Waals surface area (Å²) in [5, 5.41) is 37.6. The van der Waals surface area contributed by atoms with Crippen LogP contribution in [0.3, 0.4) is 0 Å². The highest BCUT2D eigenvalue weighted by Crippen LogP contribution is 2.24. The molecule has 4 rings (SSSR count). The second-order valence-corrected chi connectivity index (χ2v) is 6.88. The van der Waals surface area contributed by atoms with E-state index < -0.39 is 11.9 Å². The van der Waals surface area contributed by atoms with Gasteiger partial charge in [0.2, 0.25) is 0 Å². The Balaban J connectivity index is 0.000000171. The van der Waals surface area contributed by atoms with Gasteiger partial charge < -0.3 is 30.4 Å². The summed E-state index contributed by atoms with van der Waals surface area (Å²) in [5.74, 6) is -1.24. The molecule has 0 atom stereocenters. The topological polar surface area (TPSA) is 147 Å². The molecule has 0 saturated carbocycles. The first-order chi connectivity index (χ1) is 14.3. The normalized spacial score (nSPS) is 10.7. The molecule has 0 spiro atoms. The molecule has 0 radical (unpaired) electrons. The van der Waals surface area contributed by atoms with Gasteiger partial charge in [0.1, 0.15) is 11.5 Å². The van der Waals surface area contributed by atoms with Gasteiger partial charge in [-0.2, -0.15) is 0 Å². The number of aliphatic carboxylic acids is 2. The van der Waals surface area contributed by atoms with Crippen molar-refractivity contribution in [3.05, 3.63) is 59.9 Å². The van der Waals surface area contributed by atoms with Crippen molar-refractivity contribution >= 4 is 33.7 Å². The van der Waals surface area contributed by atoms with Gasteiger partial charge in [-0.15, -0.1) is 0 Å². The van der Waals surface area contributed by atoms with Gasteiger partial charge in [-0.05, 0) is 60.4 Å². The number of phenolic OH excluding ortho intramolecular Hbond substituents is 2. The number of hydrogen-bond donors (Lipinski definition) is 6. The molecule has 0 saturated heterocycles. The van der Waals surface area contributed by atoms with Crippen molar-refractivity contribution in [1.82, 2.24) is 9.97 Å². The first kappa shape index (κ1) is 20.8. The summed E-state index contributed by atoms with van der Waals surface area (Å²) in [6, 6.07) is 10.0. The van der Waals surface area contributed by atoms with E-state index in [-0.39, 0.29) is 24.3 Å². The van der Waals surface area contributed by atoms with Gasteiger partial charge in [-0.3, -0.25) is 9.59 Å². The maximum Gasteiger partial charge on any atom is 0.303 e. The second-order valence-electron chi connectivity index (χ2n) is 6.88. The molecule has 4 aromatic rings. The molecular formula is C22H22N2O6. The molecule has 2 aromatic heterocycles. The van der Waals surface area contributed by atoms with Gasteiger partial charge in [0.25, 0.3) is 0 Å². The van der Waals surface area contributed by atoms with Gasteiger partial charge in [-0.25, -0.2) is 0 Å². The number of hydrogen-bond acceptors (Lipinski definition) is 4. The Morgan fingerprint density at radius 3 is 1.47 bits per heavy atom.